The van der Waals surface area contributed by atoms with Crippen LogP contribution in [0.5, 0.6) is 5.75 Å². The number of halogens is 1. The summed E-state index contributed by atoms with van der Waals surface area (Å²) < 4.78 is 0. The first kappa shape index (κ1) is 23.0. The van der Waals surface area contributed by atoms with Crippen LogP contribution in [0.25, 0.3) is 6.08 Å². The van der Waals surface area contributed by atoms with Crippen molar-refractivity contribution < 1.29 is 19.5 Å². The number of carbonyl (C=O) groups excluding carboxylic acids is 3. The molecule has 3 amide bonds. The minimum atomic E-state index is -0.558. The molecule has 2 aromatic rings. The number of imide groups is 1. The molecule has 2 aliphatic heterocycles. The third kappa shape index (κ3) is 5.43. The fourth-order valence-electron chi connectivity index (χ4n) is 3.52. The largest absolute Gasteiger partial charge is 0.507 e. The monoisotopic (exact) mass is 484 g/mol. The second-order valence-corrected chi connectivity index (χ2v) is 9.00. The SMILES string of the molecule is O=C(CN1C(=O)S/C(=C\c2cc(N=Nc3ccccc3Cl)ccc2O)C1=O)N1CCCCC1. The van der Waals surface area contributed by atoms with Crippen LogP contribution in [-0.2, 0) is 9.59 Å². The fraction of sp³-hybridized carbons (Fsp3) is 0.261. The van der Waals surface area contributed by atoms with Crippen LogP contribution >= 0.6 is 23.4 Å². The summed E-state index contributed by atoms with van der Waals surface area (Å²) in [4.78, 5) is 40.5. The Morgan fingerprint density at radius 2 is 1.85 bits per heavy atom. The number of aromatic hydroxyl groups is 1. The normalized spacial score (nSPS) is 18.0. The lowest BCUT2D eigenvalue weighted by molar-refractivity contribution is -0.136. The molecule has 8 nitrogen and oxygen atoms in total. The summed E-state index contributed by atoms with van der Waals surface area (Å²) in [6.07, 6.45) is 4.35. The first-order valence-electron chi connectivity index (χ1n) is 10.4. The third-order valence-corrected chi connectivity index (χ3v) is 6.53. The predicted octanol–water partition coefficient (Wildman–Crippen LogP) is 5.51. The highest BCUT2D eigenvalue weighted by atomic mass is 35.5. The van der Waals surface area contributed by atoms with Gasteiger partial charge in [0.05, 0.1) is 15.6 Å². The van der Waals surface area contributed by atoms with E-state index in [0.717, 1.165) is 35.9 Å². The summed E-state index contributed by atoms with van der Waals surface area (Å²) in [7, 11) is 0. The number of thioether (sulfide) groups is 1. The predicted molar refractivity (Wildman–Crippen MR) is 127 cm³/mol. The molecule has 0 saturated carbocycles. The van der Waals surface area contributed by atoms with Crippen molar-refractivity contribution in [2.45, 2.75) is 19.3 Å². The molecule has 0 aromatic heterocycles. The van der Waals surface area contributed by atoms with E-state index in [1.54, 1.807) is 41.3 Å². The molecule has 0 aliphatic carbocycles. The first-order valence-corrected chi connectivity index (χ1v) is 11.6. The van der Waals surface area contributed by atoms with Gasteiger partial charge in [-0.15, -0.1) is 5.11 Å². The Balaban J connectivity index is 1.50. The summed E-state index contributed by atoms with van der Waals surface area (Å²) in [5.74, 6) is -0.871. The quantitative estimate of drug-likeness (QED) is 0.445. The molecule has 0 bridgehead atoms. The molecule has 2 heterocycles. The molecule has 0 spiro atoms. The Morgan fingerprint density at radius 1 is 1.09 bits per heavy atom. The maximum atomic E-state index is 12.8. The Labute approximate surface area is 199 Å². The Kier molecular flexibility index (Phi) is 7.10. The van der Waals surface area contributed by atoms with Gasteiger partial charge in [-0.3, -0.25) is 19.3 Å². The molecule has 0 radical (unpaired) electrons. The molecule has 33 heavy (non-hydrogen) atoms. The zero-order valence-corrected chi connectivity index (χ0v) is 19.2. The van der Waals surface area contributed by atoms with Crippen molar-refractivity contribution in [2.75, 3.05) is 19.6 Å². The van der Waals surface area contributed by atoms with Gasteiger partial charge in [-0.2, -0.15) is 5.11 Å². The zero-order valence-electron chi connectivity index (χ0n) is 17.6. The number of likely N-dealkylation sites (tertiary alicyclic amines) is 1. The molecule has 170 valence electrons. The molecular weight excluding hydrogens is 464 g/mol. The fourth-order valence-corrected chi connectivity index (χ4v) is 4.52. The lowest BCUT2D eigenvalue weighted by Gasteiger charge is -2.27. The average Bonchev–Trinajstić information content (AvgIpc) is 3.08. The van der Waals surface area contributed by atoms with Gasteiger partial charge in [-0.1, -0.05) is 23.7 Å². The van der Waals surface area contributed by atoms with E-state index in [1.807, 2.05) is 0 Å². The zero-order chi connectivity index (χ0) is 23.4. The number of phenolic OH excluding ortho intramolecular Hbond substituents is 1. The van der Waals surface area contributed by atoms with E-state index in [1.165, 1.54) is 12.1 Å². The minimum absolute atomic E-state index is 0.0807. The molecule has 2 aromatic carbocycles. The van der Waals surface area contributed by atoms with Crippen LogP contribution in [0, 0.1) is 0 Å². The van der Waals surface area contributed by atoms with Gasteiger partial charge in [-0.25, -0.2) is 0 Å². The summed E-state index contributed by atoms with van der Waals surface area (Å²) >= 11 is 6.82. The van der Waals surface area contributed by atoms with E-state index in [4.69, 9.17) is 11.6 Å². The first-order chi connectivity index (χ1) is 15.9. The molecule has 0 unspecified atom stereocenters. The summed E-state index contributed by atoms with van der Waals surface area (Å²) in [5, 5.41) is 18.4. The molecule has 10 heteroatoms. The number of hydrogen-bond acceptors (Lipinski definition) is 7. The summed E-state index contributed by atoms with van der Waals surface area (Å²) in [6.45, 7) is 1.02. The number of nitrogens with zero attached hydrogens (tertiary/aromatic N) is 4. The van der Waals surface area contributed by atoms with Gasteiger partial charge in [0.15, 0.2) is 0 Å². The molecule has 2 saturated heterocycles. The number of phenols is 1. The molecule has 4 rings (SSSR count). The van der Waals surface area contributed by atoms with Crippen molar-refractivity contribution in [2.24, 2.45) is 10.2 Å². The number of benzene rings is 2. The van der Waals surface area contributed by atoms with E-state index >= 15 is 0 Å². The maximum absolute atomic E-state index is 12.8. The number of hydrogen-bond donors (Lipinski definition) is 1. The van der Waals surface area contributed by atoms with Crippen LogP contribution in [0.4, 0.5) is 16.2 Å². The van der Waals surface area contributed by atoms with Crippen LogP contribution in [0.2, 0.25) is 5.02 Å². The van der Waals surface area contributed by atoms with Crippen molar-refractivity contribution in [3.63, 3.8) is 0 Å². The van der Waals surface area contributed by atoms with E-state index in [0.29, 0.717) is 35.1 Å². The number of rotatable bonds is 5. The Bertz CT molecular complexity index is 1160. The number of azo groups is 1. The molecular formula is C23H21ClN4O4S. The van der Waals surface area contributed by atoms with Crippen LogP contribution in [0.15, 0.2) is 57.6 Å². The van der Waals surface area contributed by atoms with Crippen LogP contribution in [-0.4, -0.2) is 51.6 Å². The van der Waals surface area contributed by atoms with Crippen LogP contribution < -0.4 is 0 Å². The second kappa shape index (κ2) is 10.2. The van der Waals surface area contributed by atoms with Gasteiger partial charge in [0, 0.05) is 18.7 Å². The van der Waals surface area contributed by atoms with Gasteiger partial charge in [0.2, 0.25) is 5.91 Å². The second-order valence-electron chi connectivity index (χ2n) is 7.60. The smallest absolute Gasteiger partial charge is 0.294 e. The summed E-state index contributed by atoms with van der Waals surface area (Å²) in [6, 6.07) is 11.5. The Morgan fingerprint density at radius 3 is 2.61 bits per heavy atom. The minimum Gasteiger partial charge on any atom is -0.507 e. The van der Waals surface area contributed by atoms with Gasteiger partial charge in [0.25, 0.3) is 11.1 Å². The third-order valence-electron chi connectivity index (χ3n) is 5.30. The Hall–Kier alpha value is -3.17. The lowest BCUT2D eigenvalue weighted by Crippen LogP contribution is -2.44. The summed E-state index contributed by atoms with van der Waals surface area (Å²) in [5.41, 5.74) is 1.23. The van der Waals surface area contributed by atoms with E-state index in [-0.39, 0.29) is 23.1 Å². The average molecular weight is 485 g/mol. The van der Waals surface area contributed by atoms with Gasteiger partial charge >= 0.3 is 0 Å². The van der Waals surface area contributed by atoms with Gasteiger partial charge in [-0.05, 0) is 67.4 Å². The molecule has 1 N–H and O–H groups in total. The van der Waals surface area contributed by atoms with E-state index in [9.17, 15) is 19.5 Å². The highest BCUT2D eigenvalue weighted by Gasteiger charge is 2.37. The van der Waals surface area contributed by atoms with Crippen molar-refractivity contribution in [3.8, 4) is 5.75 Å². The topological polar surface area (TPSA) is 103 Å². The van der Waals surface area contributed by atoms with E-state index in [2.05, 4.69) is 10.2 Å². The van der Waals surface area contributed by atoms with Crippen molar-refractivity contribution in [1.82, 2.24) is 9.80 Å². The highest BCUT2D eigenvalue weighted by Crippen LogP contribution is 2.35. The molecule has 0 atom stereocenters. The standard InChI is InChI=1S/C23H21ClN4O4S/c24-17-6-2-3-7-18(17)26-25-16-8-9-19(29)15(12-16)13-20-22(31)28(23(32)33-20)14-21(30)27-10-4-1-5-11-27/h2-3,6-9,12-13,29H,1,4-5,10-11,14H2/b20-13-,26-25?. The number of piperidine rings is 1. The number of amides is 3. The van der Waals surface area contributed by atoms with Crippen LogP contribution in [0.3, 0.4) is 0 Å². The highest BCUT2D eigenvalue weighted by molar-refractivity contribution is 8.18. The van der Waals surface area contributed by atoms with Crippen molar-refractivity contribution >= 4 is 57.9 Å². The van der Waals surface area contributed by atoms with Crippen LogP contribution in [0.1, 0.15) is 24.8 Å². The van der Waals surface area contributed by atoms with E-state index < -0.39 is 11.1 Å². The molecule has 2 aliphatic rings. The lowest BCUT2D eigenvalue weighted by atomic mass is 10.1. The van der Waals surface area contributed by atoms with Gasteiger partial charge in [0.1, 0.15) is 18.0 Å². The number of carbonyl (C=O) groups is 3. The molecule has 2 fully saturated rings. The van der Waals surface area contributed by atoms with Crippen molar-refractivity contribution in [1.29, 1.82) is 0 Å². The maximum Gasteiger partial charge on any atom is 0.294 e. The van der Waals surface area contributed by atoms with Crippen molar-refractivity contribution in [3.05, 3.63) is 58.0 Å². The van der Waals surface area contributed by atoms with Gasteiger partial charge < -0.3 is 10.0 Å².